The molecule has 0 spiro atoms. The molecule has 1 fully saturated rings. The molecule has 2 rings (SSSR count). The van der Waals surface area contributed by atoms with Crippen LogP contribution in [0.2, 0.25) is 0 Å². The van der Waals surface area contributed by atoms with Crippen LogP contribution in [0.5, 0.6) is 0 Å². The van der Waals surface area contributed by atoms with Gasteiger partial charge in [0.05, 0.1) is 5.60 Å². The van der Waals surface area contributed by atoms with Crippen molar-refractivity contribution in [1.29, 1.82) is 0 Å². The first kappa shape index (κ1) is 10.6. The van der Waals surface area contributed by atoms with E-state index in [0.29, 0.717) is 12.8 Å². The summed E-state index contributed by atoms with van der Waals surface area (Å²) in [7, 11) is 0. The van der Waals surface area contributed by atoms with E-state index in [2.05, 4.69) is 0 Å². The predicted octanol–water partition coefficient (Wildman–Crippen LogP) is 1.61. The van der Waals surface area contributed by atoms with Gasteiger partial charge in [0.25, 0.3) is 0 Å². The zero-order chi connectivity index (χ0) is 10.9. The lowest BCUT2D eigenvalue weighted by Crippen LogP contribution is -2.30. The highest BCUT2D eigenvalue weighted by Gasteiger charge is 2.35. The van der Waals surface area contributed by atoms with Crippen LogP contribution >= 0.6 is 0 Å². The molecular formula is C12H16FNO. The molecule has 2 nitrogen and oxygen atoms in total. The normalized spacial score (nSPS) is 30.7. The first-order chi connectivity index (χ1) is 7.07. The van der Waals surface area contributed by atoms with Gasteiger partial charge in [0.1, 0.15) is 5.82 Å². The highest BCUT2D eigenvalue weighted by Crippen LogP contribution is 2.31. The van der Waals surface area contributed by atoms with Crippen molar-refractivity contribution in [1.82, 2.24) is 0 Å². The van der Waals surface area contributed by atoms with Crippen molar-refractivity contribution in [2.45, 2.75) is 37.3 Å². The average molecular weight is 209 g/mol. The van der Waals surface area contributed by atoms with Crippen LogP contribution in [0.4, 0.5) is 4.39 Å². The second-order valence-electron chi connectivity index (χ2n) is 4.53. The van der Waals surface area contributed by atoms with Gasteiger partial charge in [-0.25, -0.2) is 4.39 Å². The second kappa shape index (κ2) is 3.91. The molecule has 0 aromatic heterocycles. The minimum absolute atomic E-state index is 0.107. The molecule has 15 heavy (non-hydrogen) atoms. The molecule has 0 radical (unpaired) electrons. The van der Waals surface area contributed by atoms with E-state index in [9.17, 15) is 9.50 Å². The molecule has 3 heteroatoms. The Hall–Kier alpha value is -0.930. The predicted molar refractivity (Wildman–Crippen MR) is 56.9 cm³/mol. The Morgan fingerprint density at radius 1 is 1.40 bits per heavy atom. The largest absolute Gasteiger partial charge is 0.389 e. The number of hydrogen-bond acceptors (Lipinski definition) is 2. The van der Waals surface area contributed by atoms with E-state index in [-0.39, 0.29) is 11.9 Å². The average Bonchev–Trinajstić information content (AvgIpc) is 2.50. The summed E-state index contributed by atoms with van der Waals surface area (Å²) in [6.07, 6.45) is 2.83. The lowest BCUT2D eigenvalue weighted by atomic mass is 9.93. The molecule has 0 aliphatic heterocycles. The van der Waals surface area contributed by atoms with Crippen LogP contribution in [0.15, 0.2) is 24.3 Å². The molecule has 0 saturated heterocycles. The van der Waals surface area contributed by atoms with Crippen LogP contribution in [0, 0.1) is 5.82 Å². The van der Waals surface area contributed by atoms with Crippen LogP contribution in [0.1, 0.15) is 24.8 Å². The molecule has 0 bridgehead atoms. The number of rotatable bonds is 2. The Morgan fingerprint density at radius 3 is 2.60 bits per heavy atom. The third kappa shape index (κ3) is 2.55. The van der Waals surface area contributed by atoms with Crippen molar-refractivity contribution in [2.24, 2.45) is 5.73 Å². The highest BCUT2D eigenvalue weighted by molar-refractivity contribution is 5.19. The fourth-order valence-corrected chi connectivity index (χ4v) is 2.29. The van der Waals surface area contributed by atoms with Crippen molar-refractivity contribution < 1.29 is 9.50 Å². The van der Waals surface area contributed by atoms with Crippen molar-refractivity contribution >= 4 is 0 Å². The van der Waals surface area contributed by atoms with E-state index < -0.39 is 5.60 Å². The summed E-state index contributed by atoms with van der Waals surface area (Å²) in [4.78, 5) is 0. The van der Waals surface area contributed by atoms with Crippen molar-refractivity contribution in [2.75, 3.05) is 0 Å². The Kier molecular flexibility index (Phi) is 2.76. The molecule has 0 heterocycles. The van der Waals surface area contributed by atoms with Gasteiger partial charge in [-0.2, -0.15) is 0 Å². The van der Waals surface area contributed by atoms with Gasteiger partial charge in [0.2, 0.25) is 0 Å². The summed E-state index contributed by atoms with van der Waals surface area (Å²) >= 11 is 0. The Bertz CT molecular complexity index is 338. The molecule has 1 aliphatic rings. The van der Waals surface area contributed by atoms with Crippen molar-refractivity contribution in [3.05, 3.63) is 35.6 Å². The number of nitrogens with two attached hydrogens (primary N) is 1. The van der Waals surface area contributed by atoms with Gasteiger partial charge >= 0.3 is 0 Å². The fraction of sp³-hybridized carbons (Fsp3) is 0.500. The first-order valence-corrected chi connectivity index (χ1v) is 5.30. The molecule has 1 saturated carbocycles. The van der Waals surface area contributed by atoms with Crippen molar-refractivity contribution in [3.63, 3.8) is 0 Å². The molecule has 1 aliphatic carbocycles. The van der Waals surface area contributed by atoms with Gasteiger partial charge < -0.3 is 10.8 Å². The lowest BCUT2D eigenvalue weighted by molar-refractivity contribution is 0.0468. The standard InChI is InChI=1S/C12H16FNO/c13-10-3-1-9(2-4-10)7-12(15)6-5-11(14)8-12/h1-4,11,15H,5-8,14H2. The molecule has 82 valence electrons. The summed E-state index contributed by atoms with van der Waals surface area (Å²) < 4.78 is 12.7. The van der Waals surface area contributed by atoms with Gasteiger partial charge in [-0.3, -0.25) is 0 Å². The zero-order valence-corrected chi connectivity index (χ0v) is 8.62. The molecule has 2 atom stereocenters. The maximum Gasteiger partial charge on any atom is 0.123 e. The third-order valence-corrected chi connectivity index (χ3v) is 3.07. The summed E-state index contributed by atoms with van der Waals surface area (Å²) in [5.41, 5.74) is 6.05. The minimum atomic E-state index is -0.683. The SMILES string of the molecule is NC1CCC(O)(Cc2ccc(F)cc2)C1. The van der Waals surface area contributed by atoms with Gasteiger partial charge in [-0.15, -0.1) is 0 Å². The maximum absolute atomic E-state index is 12.7. The Balaban J connectivity index is 2.05. The van der Waals surface area contributed by atoms with E-state index >= 15 is 0 Å². The van der Waals surface area contributed by atoms with Gasteiger partial charge in [-0.1, -0.05) is 12.1 Å². The minimum Gasteiger partial charge on any atom is -0.389 e. The second-order valence-corrected chi connectivity index (χ2v) is 4.53. The molecule has 1 aromatic rings. The third-order valence-electron chi connectivity index (χ3n) is 3.07. The number of halogens is 1. The Labute approximate surface area is 88.9 Å². The summed E-state index contributed by atoms with van der Waals surface area (Å²) in [5.74, 6) is -0.242. The van der Waals surface area contributed by atoms with Gasteiger partial charge in [-0.05, 0) is 37.0 Å². The maximum atomic E-state index is 12.7. The van der Waals surface area contributed by atoms with Crippen LogP contribution in [0.25, 0.3) is 0 Å². The Morgan fingerprint density at radius 2 is 2.07 bits per heavy atom. The van der Waals surface area contributed by atoms with E-state index in [4.69, 9.17) is 5.73 Å². The van der Waals surface area contributed by atoms with E-state index in [1.807, 2.05) is 0 Å². The number of benzene rings is 1. The fourth-order valence-electron chi connectivity index (χ4n) is 2.29. The first-order valence-electron chi connectivity index (χ1n) is 5.30. The van der Waals surface area contributed by atoms with Crippen LogP contribution in [-0.4, -0.2) is 16.7 Å². The lowest BCUT2D eigenvalue weighted by Gasteiger charge is -2.22. The van der Waals surface area contributed by atoms with Crippen LogP contribution in [-0.2, 0) is 6.42 Å². The molecule has 0 amide bonds. The van der Waals surface area contributed by atoms with Crippen LogP contribution < -0.4 is 5.73 Å². The van der Waals surface area contributed by atoms with Gasteiger partial charge in [0.15, 0.2) is 0 Å². The number of hydrogen-bond donors (Lipinski definition) is 2. The van der Waals surface area contributed by atoms with Gasteiger partial charge in [0, 0.05) is 12.5 Å². The molecule has 2 unspecified atom stereocenters. The summed E-state index contributed by atoms with van der Waals surface area (Å²) in [6.45, 7) is 0. The molecule has 1 aromatic carbocycles. The van der Waals surface area contributed by atoms with Crippen LogP contribution in [0.3, 0.4) is 0 Å². The zero-order valence-electron chi connectivity index (χ0n) is 8.62. The topological polar surface area (TPSA) is 46.2 Å². The molecular weight excluding hydrogens is 193 g/mol. The monoisotopic (exact) mass is 209 g/mol. The highest BCUT2D eigenvalue weighted by atomic mass is 19.1. The smallest absolute Gasteiger partial charge is 0.123 e. The number of aliphatic hydroxyl groups is 1. The van der Waals surface area contributed by atoms with E-state index in [1.54, 1.807) is 12.1 Å². The van der Waals surface area contributed by atoms with E-state index in [1.165, 1.54) is 12.1 Å². The quantitative estimate of drug-likeness (QED) is 0.777. The van der Waals surface area contributed by atoms with E-state index in [0.717, 1.165) is 18.4 Å². The summed E-state index contributed by atoms with van der Waals surface area (Å²) in [6, 6.07) is 6.39. The molecule has 3 N–H and O–H groups in total. The van der Waals surface area contributed by atoms with Crippen molar-refractivity contribution in [3.8, 4) is 0 Å². The summed E-state index contributed by atoms with van der Waals surface area (Å²) in [5, 5.41) is 10.2.